The van der Waals surface area contributed by atoms with Gasteiger partial charge in [-0.1, -0.05) is 13.3 Å². The summed E-state index contributed by atoms with van der Waals surface area (Å²) in [5.41, 5.74) is 0. The molecule has 1 N–H and O–H groups in total. The molecule has 0 aromatic rings. The average Bonchev–Trinajstić information content (AvgIpc) is 2.79. The molecule has 0 heterocycles. The molecule has 11 heteroatoms. The third kappa shape index (κ3) is 21.4. The predicted molar refractivity (Wildman–Crippen MR) is 119 cm³/mol. The molecule has 0 aromatic heterocycles. The molecule has 10 nitrogen and oxygen atoms in total. The summed E-state index contributed by atoms with van der Waals surface area (Å²) in [5.74, 6) is -0.588. The van der Waals surface area contributed by atoms with E-state index in [4.69, 9.17) is 23.7 Å². The number of rotatable bonds is 21. The Balaban J connectivity index is 3.44. The summed E-state index contributed by atoms with van der Waals surface area (Å²) in [7, 11) is 0. The van der Waals surface area contributed by atoms with Crippen LogP contribution >= 0.6 is 12.6 Å². The van der Waals surface area contributed by atoms with Crippen molar-refractivity contribution in [3.8, 4) is 0 Å². The zero-order valence-corrected chi connectivity index (χ0v) is 19.8. The number of esters is 3. The highest BCUT2D eigenvalue weighted by atomic mass is 32.1. The molecule has 0 unspecified atom stereocenters. The van der Waals surface area contributed by atoms with Crippen LogP contribution in [0.5, 0.6) is 0 Å². The van der Waals surface area contributed by atoms with Crippen LogP contribution in [-0.2, 0) is 42.9 Å². The van der Waals surface area contributed by atoms with Gasteiger partial charge in [0.2, 0.25) is 5.91 Å². The molecule has 186 valence electrons. The smallest absolute Gasteiger partial charge is 0.306 e. The Morgan fingerprint density at radius 3 is 1.88 bits per heavy atom. The number of nitrogens with one attached hydrogen (secondary N) is 1. The summed E-state index contributed by atoms with van der Waals surface area (Å²) in [6.45, 7) is 3.55. The maximum Gasteiger partial charge on any atom is 0.306 e. The van der Waals surface area contributed by atoms with E-state index in [0.717, 1.165) is 25.0 Å². The van der Waals surface area contributed by atoms with E-state index in [0.29, 0.717) is 45.8 Å². The molecule has 0 radical (unpaired) electrons. The van der Waals surface area contributed by atoms with E-state index in [2.05, 4.69) is 17.9 Å². The summed E-state index contributed by atoms with van der Waals surface area (Å²) in [6, 6.07) is 0. The van der Waals surface area contributed by atoms with Gasteiger partial charge in [-0.2, -0.15) is 12.6 Å². The number of hydrogen-bond acceptors (Lipinski definition) is 10. The summed E-state index contributed by atoms with van der Waals surface area (Å²) in [6.07, 6.45) is 3.27. The highest BCUT2D eigenvalue weighted by molar-refractivity contribution is 7.80. The minimum absolute atomic E-state index is 0.00333. The van der Waals surface area contributed by atoms with Gasteiger partial charge in [-0.15, -0.1) is 0 Å². The van der Waals surface area contributed by atoms with Crippen LogP contribution < -0.4 is 5.32 Å². The van der Waals surface area contributed by atoms with Gasteiger partial charge in [0.15, 0.2) is 0 Å². The number of ether oxygens (including phenoxy) is 5. The SMILES string of the molecule is CCC(=O)OCCOCCOCCNC(=O)CCC(=O)OCCOC(=O)CCCCCS. The number of thiol groups is 1. The van der Waals surface area contributed by atoms with Crippen LogP contribution in [0, 0.1) is 0 Å². The predicted octanol–water partition coefficient (Wildman–Crippen LogP) is 1.45. The Morgan fingerprint density at radius 2 is 1.22 bits per heavy atom. The molecule has 0 atom stereocenters. The minimum Gasteiger partial charge on any atom is -0.463 e. The molecule has 0 spiro atoms. The number of hydrogen-bond donors (Lipinski definition) is 2. The largest absolute Gasteiger partial charge is 0.463 e. The van der Waals surface area contributed by atoms with Crippen LogP contribution in [0.4, 0.5) is 0 Å². The van der Waals surface area contributed by atoms with Crippen LogP contribution in [0.25, 0.3) is 0 Å². The van der Waals surface area contributed by atoms with Crippen LogP contribution in [-0.4, -0.2) is 82.4 Å². The Bertz CT molecular complexity index is 531. The van der Waals surface area contributed by atoms with Crippen molar-refractivity contribution in [2.24, 2.45) is 0 Å². The van der Waals surface area contributed by atoms with Gasteiger partial charge >= 0.3 is 17.9 Å². The Kier molecular flexibility index (Phi) is 21.1. The molecule has 0 aromatic carbocycles. The summed E-state index contributed by atoms with van der Waals surface area (Å²) < 4.78 is 25.3. The van der Waals surface area contributed by atoms with E-state index in [1.165, 1.54) is 0 Å². The topological polar surface area (TPSA) is 126 Å². The van der Waals surface area contributed by atoms with Gasteiger partial charge in [-0.05, 0) is 18.6 Å². The molecule has 0 saturated heterocycles. The van der Waals surface area contributed by atoms with Crippen molar-refractivity contribution in [1.82, 2.24) is 5.32 Å². The van der Waals surface area contributed by atoms with Crippen molar-refractivity contribution in [3.05, 3.63) is 0 Å². The number of carbonyl (C=O) groups is 4. The Labute approximate surface area is 195 Å². The third-order valence-electron chi connectivity index (χ3n) is 3.92. The number of unbranched alkanes of at least 4 members (excludes halogenated alkanes) is 2. The van der Waals surface area contributed by atoms with Gasteiger partial charge in [0, 0.05) is 25.8 Å². The molecule has 0 fully saturated rings. The standard InChI is InChI=1S/C21H37NO9S/c1-2-19(24)29-14-13-28-12-11-27-10-9-22-18(23)7-8-21(26)31-16-15-30-20(25)6-4-3-5-17-32/h32H,2-17H2,1H3,(H,22,23). The van der Waals surface area contributed by atoms with E-state index in [1.807, 2.05) is 0 Å². The molecule has 0 bridgehead atoms. The minimum atomic E-state index is -0.525. The van der Waals surface area contributed by atoms with E-state index in [1.54, 1.807) is 6.92 Å². The van der Waals surface area contributed by atoms with Crippen LogP contribution in [0.1, 0.15) is 51.9 Å². The van der Waals surface area contributed by atoms with Gasteiger partial charge in [0.05, 0.1) is 32.8 Å². The number of amides is 1. The fourth-order valence-corrected chi connectivity index (χ4v) is 2.44. The van der Waals surface area contributed by atoms with Gasteiger partial charge in [0.1, 0.15) is 19.8 Å². The van der Waals surface area contributed by atoms with E-state index in [9.17, 15) is 19.2 Å². The zero-order valence-electron chi connectivity index (χ0n) is 18.9. The maximum absolute atomic E-state index is 11.7. The number of carbonyl (C=O) groups excluding carboxylic acids is 4. The van der Waals surface area contributed by atoms with Crippen LogP contribution in [0.15, 0.2) is 0 Å². The van der Waals surface area contributed by atoms with Crippen molar-refractivity contribution in [2.45, 2.75) is 51.9 Å². The zero-order chi connectivity index (χ0) is 23.9. The van der Waals surface area contributed by atoms with Crippen molar-refractivity contribution < 1.29 is 42.9 Å². The molecule has 1 amide bonds. The monoisotopic (exact) mass is 479 g/mol. The second kappa shape index (κ2) is 22.3. The van der Waals surface area contributed by atoms with Gasteiger partial charge in [-0.25, -0.2) is 0 Å². The van der Waals surface area contributed by atoms with Crippen molar-refractivity contribution >= 4 is 36.4 Å². The van der Waals surface area contributed by atoms with Gasteiger partial charge < -0.3 is 29.0 Å². The molecular formula is C21H37NO9S. The van der Waals surface area contributed by atoms with Crippen molar-refractivity contribution in [3.63, 3.8) is 0 Å². The first-order valence-electron chi connectivity index (χ1n) is 11.0. The van der Waals surface area contributed by atoms with Crippen LogP contribution in [0.3, 0.4) is 0 Å². The molecule has 32 heavy (non-hydrogen) atoms. The molecule has 0 aliphatic heterocycles. The second-order valence-corrected chi connectivity index (χ2v) is 7.07. The first-order valence-corrected chi connectivity index (χ1v) is 11.6. The summed E-state index contributed by atoms with van der Waals surface area (Å²) >= 11 is 4.10. The van der Waals surface area contributed by atoms with Crippen LogP contribution in [0.2, 0.25) is 0 Å². The summed E-state index contributed by atoms with van der Waals surface area (Å²) in [5, 5.41) is 2.63. The normalized spacial score (nSPS) is 10.4. The third-order valence-corrected chi connectivity index (χ3v) is 4.24. The van der Waals surface area contributed by atoms with Crippen molar-refractivity contribution in [2.75, 3.05) is 58.5 Å². The lowest BCUT2D eigenvalue weighted by molar-refractivity contribution is -0.152. The molecular weight excluding hydrogens is 442 g/mol. The maximum atomic E-state index is 11.7. The molecule has 0 aliphatic rings. The Morgan fingerprint density at radius 1 is 0.656 bits per heavy atom. The fraction of sp³-hybridized carbons (Fsp3) is 0.810. The highest BCUT2D eigenvalue weighted by Crippen LogP contribution is 2.02. The first-order chi connectivity index (χ1) is 15.5. The van der Waals surface area contributed by atoms with E-state index < -0.39 is 5.97 Å². The quantitative estimate of drug-likeness (QED) is 0.109. The van der Waals surface area contributed by atoms with Crippen molar-refractivity contribution in [1.29, 1.82) is 0 Å². The summed E-state index contributed by atoms with van der Waals surface area (Å²) in [4.78, 5) is 45.6. The molecule has 0 rings (SSSR count). The second-order valence-electron chi connectivity index (χ2n) is 6.62. The van der Waals surface area contributed by atoms with E-state index >= 15 is 0 Å². The average molecular weight is 480 g/mol. The van der Waals surface area contributed by atoms with Gasteiger partial charge in [-0.3, -0.25) is 19.2 Å². The lowest BCUT2D eigenvalue weighted by Gasteiger charge is -2.08. The first kappa shape index (κ1) is 30.1. The molecule has 0 saturated carbocycles. The fourth-order valence-electron chi connectivity index (χ4n) is 2.22. The van der Waals surface area contributed by atoms with Gasteiger partial charge in [0.25, 0.3) is 0 Å². The van der Waals surface area contributed by atoms with E-state index in [-0.39, 0.29) is 50.5 Å². The Hall–Kier alpha value is -1.85. The lowest BCUT2D eigenvalue weighted by atomic mass is 10.2. The highest BCUT2D eigenvalue weighted by Gasteiger charge is 2.09. The lowest BCUT2D eigenvalue weighted by Crippen LogP contribution is -2.28. The molecule has 0 aliphatic carbocycles.